The Hall–Kier alpha value is -2.61. The molecule has 7 nitrogen and oxygen atoms in total. The second-order valence-electron chi connectivity index (χ2n) is 4.81. The third-order valence-electron chi connectivity index (χ3n) is 2.95. The number of rotatable bonds is 3. The van der Waals surface area contributed by atoms with Crippen LogP contribution < -0.4 is 17.0 Å². The normalized spacial score (nSPS) is 11.0. The minimum Gasteiger partial charge on any atom is -0.383 e. The molecule has 0 bridgehead atoms. The van der Waals surface area contributed by atoms with E-state index in [-0.39, 0.29) is 5.56 Å². The van der Waals surface area contributed by atoms with Crippen LogP contribution in [0, 0.1) is 6.92 Å². The molecule has 0 unspecified atom stereocenters. The highest BCUT2D eigenvalue weighted by Gasteiger charge is 2.06. The van der Waals surface area contributed by atoms with Gasteiger partial charge in [0, 0.05) is 24.1 Å². The van der Waals surface area contributed by atoms with Crippen LogP contribution in [0.1, 0.15) is 11.3 Å². The molecule has 0 atom stereocenters. The highest BCUT2D eigenvalue weighted by molar-refractivity contribution is 7.98. The third kappa shape index (κ3) is 3.01. The lowest BCUT2D eigenvalue weighted by atomic mass is 10.3. The van der Waals surface area contributed by atoms with Gasteiger partial charge in [0.1, 0.15) is 17.3 Å². The van der Waals surface area contributed by atoms with Gasteiger partial charge in [0.2, 0.25) is 0 Å². The standard InChI is InChI=1S/C14H14N6OS/c1-8-2-3-12-17-9(4-13(21)20(12)6-8)7-22-14-18-10(15)5-11(16)19-14/h2-6H,7H2,1H3,(H4,15,16,18,19). The molecule has 0 saturated heterocycles. The van der Waals surface area contributed by atoms with Crippen LogP contribution in [-0.4, -0.2) is 19.4 Å². The maximum atomic E-state index is 12.1. The molecule has 0 spiro atoms. The van der Waals surface area contributed by atoms with Crippen LogP contribution in [0.15, 0.2) is 40.4 Å². The van der Waals surface area contributed by atoms with Crippen LogP contribution in [-0.2, 0) is 5.75 Å². The van der Waals surface area contributed by atoms with E-state index >= 15 is 0 Å². The number of hydrogen-bond acceptors (Lipinski definition) is 7. The Morgan fingerprint density at radius 3 is 2.59 bits per heavy atom. The average Bonchev–Trinajstić information content (AvgIpc) is 2.45. The zero-order chi connectivity index (χ0) is 15.7. The third-order valence-corrected chi connectivity index (χ3v) is 3.84. The Morgan fingerprint density at radius 1 is 1.14 bits per heavy atom. The van der Waals surface area contributed by atoms with Crippen molar-refractivity contribution in [3.05, 3.63) is 52.1 Å². The quantitative estimate of drug-likeness (QED) is 0.552. The number of aryl methyl sites for hydroxylation is 1. The maximum Gasteiger partial charge on any atom is 0.258 e. The summed E-state index contributed by atoms with van der Waals surface area (Å²) in [6, 6.07) is 6.74. The fraction of sp³-hybridized carbons (Fsp3) is 0.143. The van der Waals surface area contributed by atoms with Crippen LogP contribution in [0.5, 0.6) is 0 Å². The zero-order valence-corrected chi connectivity index (χ0v) is 12.7. The van der Waals surface area contributed by atoms with E-state index in [1.165, 1.54) is 28.3 Å². The summed E-state index contributed by atoms with van der Waals surface area (Å²) in [6.07, 6.45) is 1.77. The smallest absolute Gasteiger partial charge is 0.258 e. The van der Waals surface area contributed by atoms with Gasteiger partial charge in [-0.15, -0.1) is 0 Å². The van der Waals surface area contributed by atoms with Crippen molar-refractivity contribution in [3.63, 3.8) is 0 Å². The minimum atomic E-state index is -0.114. The molecule has 0 radical (unpaired) electrons. The van der Waals surface area contributed by atoms with Crippen molar-refractivity contribution in [1.29, 1.82) is 0 Å². The van der Waals surface area contributed by atoms with Crippen LogP contribution in [0.4, 0.5) is 11.6 Å². The van der Waals surface area contributed by atoms with E-state index in [9.17, 15) is 4.79 Å². The summed E-state index contributed by atoms with van der Waals surface area (Å²) in [7, 11) is 0. The molecule has 8 heteroatoms. The second kappa shape index (κ2) is 5.64. The van der Waals surface area contributed by atoms with Crippen LogP contribution >= 0.6 is 11.8 Å². The predicted molar refractivity (Wildman–Crippen MR) is 86.6 cm³/mol. The van der Waals surface area contributed by atoms with Gasteiger partial charge in [0.25, 0.3) is 5.56 Å². The van der Waals surface area contributed by atoms with Gasteiger partial charge < -0.3 is 11.5 Å². The monoisotopic (exact) mass is 314 g/mol. The summed E-state index contributed by atoms with van der Waals surface area (Å²) in [6.45, 7) is 1.93. The lowest BCUT2D eigenvalue weighted by Gasteiger charge is -2.05. The number of thioether (sulfide) groups is 1. The number of anilines is 2. The van der Waals surface area contributed by atoms with Gasteiger partial charge in [-0.2, -0.15) is 0 Å². The van der Waals surface area contributed by atoms with Gasteiger partial charge >= 0.3 is 0 Å². The summed E-state index contributed by atoms with van der Waals surface area (Å²) in [4.78, 5) is 24.7. The number of fused-ring (bicyclic) bond motifs is 1. The van der Waals surface area contributed by atoms with E-state index in [1.807, 2.05) is 19.1 Å². The fourth-order valence-corrected chi connectivity index (χ4v) is 2.76. The van der Waals surface area contributed by atoms with E-state index in [0.29, 0.717) is 33.9 Å². The zero-order valence-electron chi connectivity index (χ0n) is 11.9. The molecule has 0 aliphatic heterocycles. The maximum absolute atomic E-state index is 12.1. The SMILES string of the molecule is Cc1ccc2nc(CSc3nc(N)cc(N)n3)cc(=O)n2c1. The average molecular weight is 314 g/mol. The Kier molecular flexibility index (Phi) is 3.68. The first-order chi connectivity index (χ1) is 10.5. The Bertz CT molecular complexity index is 887. The van der Waals surface area contributed by atoms with Crippen LogP contribution in [0.3, 0.4) is 0 Å². The van der Waals surface area contributed by atoms with Crippen LogP contribution in [0.25, 0.3) is 5.65 Å². The highest BCUT2D eigenvalue weighted by atomic mass is 32.2. The van der Waals surface area contributed by atoms with Gasteiger partial charge in [-0.25, -0.2) is 15.0 Å². The van der Waals surface area contributed by atoms with Gasteiger partial charge in [0.15, 0.2) is 5.16 Å². The van der Waals surface area contributed by atoms with E-state index in [4.69, 9.17) is 11.5 Å². The van der Waals surface area contributed by atoms with Crippen molar-refractivity contribution in [2.45, 2.75) is 17.8 Å². The molecule has 0 amide bonds. The summed E-state index contributed by atoms with van der Waals surface area (Å²) >= 11 is 1.33. The van der Waals surface area contributed by atoms with E-state index in [1.54, 1.807) is 6.20 Å². The molecule has 4 N–H and O–H groups in total. The number of hydrogen-bond donors (Lipinski definition) is 2. The molecule has 3 aromatic rings. The summed E-state index contributed by atoms with van der Waals surface area (Å²) in [5, 5.41) is 0.461. The van der Waals surface area contributed by atoms with E-state index in [0.717, 1.165) is 5.56 Å². The van der Waals surface area contributed by atoms with E-state index < -0.39 is 0 Å². The Balaban J connectivity index is 1.88. The highest BCUT2D eigenvalue weighted by Crippen LogP contribution is 2.20. The summed E-state index contributed by atoms with van der Waals surface area (Å²) < 4.78 is 1.53. The number of nitrogen functional groups attached to an aromatic ring is 2. The molecule has 0 saturated carbocycles. The minimum absolute atomic E-state index is 0.114. The van der Waals surface area contributed by atoms with Gasteiger partial charge in [-0.1, -0.05) is 17.8 Å². The summed E-state index contributed by atoms with van der Waals surface area (Å²) in [5.74, 6) is 1.09. The predicted octanol–water partition coefficient (Wildman–Crippen LogP) is 1.25. The Morgan fingerprint density at radius 2 is 1.86 bits per heavy atom. The molecule has 0 aliphatic rings. The second-order valence-corrected chi connectivity index (χ2v) is 5.75. The molecular weight excluding hydrogens is 300 g/mol. The van der Waals surface area contributed by atoms with E-state index in [2.05, 4.69) is 15.0 Å². The molecule has 22 heavy (non-hydrogen) atoms. The molecular formula is C14H14N6OS. The summed E-state index contributed by atoms with van der Waals surface area (Å²) in [5.41, 5.74) is 13.4. The number of aromatic nitrogens is 4. The molecule has 0 aliphatic carbocycles. The molecule has 0 aromatic carbocycles. The van der Waals surface area contributed by atoms with Gasteiger partial charge in [-0.05, 0) is 18.6 Å². The first kappa shape index (κ1) is 14.3. The van der Waals surface area contributed by atoms with Gasteiger partial charge in [0.05, 0.1) is 5.69 Å². The first-order valence-corrected chi connectivity index (χ1v) is 7.51. The van der Waals surface area contributed by atoms with Crippen molar-refractivity contribution in [1.82, 2.24) is 19.4 Å². The number of nitrogens with zero attached hydrogens (tertiary/aromatic N) is 4. The largest absolute Gasteiger partial charge is 0.383 e. The molecule has 112 valence electrons. The molecule has 3 heterocycles. The first-order valence-electron chi connectivity index (χ1n) is 6.53. The molecule has 0 fully saturated rings. The van der Waals surface area contributed by atoms with Gasteiger partial charge in [-0.3, -0.25) is 9.20 Å². The number of nitrogens with two attached hydrogens (primary N) is 2. The van der Waals surface area contributed by atoms with Crippen molar-refractivity contribution in [3.8, 4) is 0 Å². The Labute approximate surface area is 130 Å². The van der Waals surface area contributed by atoms with Crippen molar-refractivity contribution in [2.75, 3.05) is 11.5 Å². The molecule has 3 aromatic heterocycles. The topological polar surface area (TPSA) is 112 Å². The lowest BCUT2D eigenvalue weighted by Crippen LogP contribution is -2.15. The lowest BCUT2D eigenvalue weighted by molar-refractivity contribution is 0.974. The van der Waals surface area contributed by atoms with Crippen LogP contribution in [0.2, 0.25) is 0 Å². The van der Waals surface area contributed by atoms with Crippen molar-refractivity contribution in [2.24, 2.45) is 0 Å². The van der Waals surface area contributed by atoms with Crippen molar-refractivity contribution < 1.29 is 0 Å². The number of pyridine rings is 1. The fourth-order valence-electron chi connectivity index (χ4n) is 2.00. The molecule has 3 rings (SSSR count). The van der Waals surface area contributed by atoms with Crippen molar-refractivity contribution >= 4 is 29.0 Å².